The monoisotopic (exact) mass is 763 g/mol. The quantitative estimate of drug-likeness (QED) is 0.125. The molecule has 0 bridgehead atoms. The number of rotatable bonds is 6. The van der Waals surface area contributed by atoms with Gasteiger partial charge in [-0.05, 0) is 79.4 Å². The van der Waals surface area contributed by atoms with Crippen molar-refractivity contribution in [3.05, 3.63) is 216 Å². The lowest BCUT2D eigenvalue weighted by molar-refractivity contribution is 0.587. The van der Waals surface area contributed by atoms with E-state index in [4.69, 9.17) is 14.4 Å². The van der Waals surface area contributed by atoms with E-state index >= 15 is 0 Å². The molecular weight excluding hydrogens is 723 g/mol. The molecule has 278 valence electrons. The van der Waals surface area contributed by atoms with Gasteiger partial charge in [-0.15, -0.1) is 0 Å². The summed E-state index contributed by atoms with van der Waals surface area (Å²) in [5.41, 5.74) is 10.9. The molecule has 10 aromatic rings. The third-order valence-electron chi connectivity index (χ3n) is 12.7. The zero-order valence-electron chi connectivity index (χ0n) is 32.7. The summed E-state index contributed by atoms with van der Waals surface area (Å²) < 4.78 is 8.78. The van der Waals surface area contributed by atoms with Crippen molar-refractivity contribution in [3.63, 3.8) is 0 Å². The Hall–Kier alpha value is -6.82. The van der Waals surface area contributed by atoms with Crippen molar-refractivity contribution < 1.29 is 4.42 Å². The standard InChI is InChI=1S/C53H41N3OSi/c1-53(2)44-26-16-30-54-51(44)50(43-34-49-42(33-45(43)53)41-25-10-13-29-48(41)57-49)35-17-14-23-39(31-35)58(37-19-6-4-7-20-37,38-21-8-5-9-22-38)40-24-15-18-36(32-40)52-55-46-27-11-12-28-47(46)56(52)3/h4-34,50H,1-3H3. The Morgan fingerprint density at radius 2 is 1.24 bits per heavy atom. The molecule has 0 radical (unpaired) electrons. The molecule has 1 aliphatic carbocycles. The highest BCUT2D eigenvalue weighted by molar-refractivity contribution is 7.19. The van der Waals surface area contributed by atoms with Crippen molar-refractivity contribution in [2.24, 2.45) is 7.05 Å². The van der Waals surface area contributed by atoms with E-state index in [2.05, 4.69) is 201 Å². The smallest absolute Gasteiger partial charge is 0.179 e. The molecule has 5 heteroatoms. The number of aryl methyl sites for hydroxylation is 1. The summed E-state index contributed by atoms with van der Waals surface area (Å²) in [5.74, 6) is 0.864. The van der Waals surface area contributed by atoms with E-state index < -0.39 is 8.07 Å². The van der Waals surface area contributed by atoms with Crippen LogP contribution >= 0.6 is 0 Å². The minimum atomic E-state index is -2.97. The van der Waals surface area contributed by atoms with Gasteiger partial charge in [0.05, 0.1) is 22.6 Å². The topological polar surface area (TPSA) is 43.9 Å². The highest BCUT2D eigenvalue weighted by Crippen LogP contribution is 2.50. The molecule has 7 aromatic carbocycles. The zero-order valence-corrected chi connectivity index (χ0v) is 33.7. The molecule has 0 saturated heterocycles. The maximum Gasteiger partial charge on any atom is 0.179 e. The molecule has 0 aliphatic heterocycles. The molecule has 0 N–H and O–H groups in total. The Morgan fingerprint density at radius 1 is 0.569 bits per heavy atom. The first-order chi connectivity index (χ1) is 28.4. The minimum absolute atomic E-state index is 0.0960. The van der Waals surface area contributed by atoms with Crippen LogP contribution in [0.1, 0.15) is 47.7 Å². The van der Waals surface area contributed by atoms with Gasteiger partial charge in [0, 0.05) is 35.0 Å². The van der Waals surface area contributed by atoms with Gasteiger partial charge in [-0.3, -0.25) is 4.98 Å². The summed E-state index contributed by atoms with van der Waals surface area (Å²) in [6, 6.07) is 66.8. The van der Waals surface area contributed by atoms with Gasteiger partial charge in [-0.2, -0.15) is 0 Å². The average Bonchev–Trinajstić information content (AvgIpc) is 3.81. The van der Waals surface area contributed by atoms with Crippen molar-refractivity contribution >= 4 is 61.8 Å². The van der Waals surface area contributed by atoms with Gasteiger partial charge in [0.2, 0.25) is 0 Å². The van der Waals surface area contributed by atoms with E-state index in [1.54, 1.807) is 0 Å². The highest BCUT2D eigenvalue weighted by atomic mass is 28.3. The summed E-state index contributed by atoms with van der Waals surface area (Å²) in [7, 11) is -0.850. The molecule has 0 spiro atoms. The van der Waals surface area contributed by atoms with Gasteiger partial charge in [0.15, 0.2) is 8.07 Å². The summed E-state index contributed by atoms with van der Waals surface area (Å²) in [6.07, 6.45) is 1.95. The molecule has 1 atom stereocenters. The Balaban J connectivity index is 1.18. The van der Waals surface area contributed by atoms with Crippen LogP contribution in [-0.2, 0) is 12.5 Å². The summed E-state index contributed by atoms with van der Waals surface area (Å²) in [5, 5.41) is 7.58. The maximum atomic E-state index is 6.57. The molecule has 11 rings (SSSR count). The van der Waals surface area contributed by atoms with Crippen LogP contribution in [0.4, 0.5) is 0 Å². The van der Waals surface area contributed by atoms with Crippen LogP contribution in [0, 0.1) is 0 Å². The number of para-hydroxylation sites is 3. The van der Waals surface area contributed by atoms with E-state index in [0.29, 0.717) is 0 Å². The zero-order chi connectivity index (χ0) is 39.0. The second-order valence-electron chi connectivity index (χ2n) is 16.2. The van der Waals surface area contributed by atoms with Crippen molar-refractivity contribution in [1.29, 1.82) is 0 Å². The number of furan rings is 1. The van der Waals surface area contributed by atoms with Crippen molar-refractivity contribution in [1.82, 2.24) is 14.5 Å². The van der Waals surface area contributed by atoms with E-state index in [9.17, 15) is 0 Å². The molecule has 0 saturated carbocycles. The van der Waals surface area contributed by atoms with Gasteiger partial charge >= 0.3 is 0 Å². The second-order valence-corrected chi connectivity index (χ2v) is 20.0. The first-order valence-corrected chi connectivity index (χ1v) is 22.1. The fourth-order valence-corrected chi connectivity index (χ4v) is 14.8. The summed E-state index contributed by atoms with van der Waals surface area (Å²) in [6.45, 7) is 4.68. The van der Waals surface area contributed by atoms with E-state index in [1.807, 2.05) is 12.3 Å². The fourth-order valence-electron chi connectivity index (χ4n) is 10.00. The van der Waals surface area contributed by atoms with Gasteiger partial charge in [-0.1, -0.05) is 159 Å². The van der Waals surface area contributed by atoms with Gasteiger partial charge in [-0.25, -0.2) is 4.98 Å². The number of hydrogen-bond donors (Lipinski definition) is 0. The van der Waals surface area contributed by atoms with Crippen molar-refractivity contribution in [2.45, 2.75) is 25.2 Å². The lowest BCUT2D eigenvalue weighted by atomic mass is 9.65. The molecule has 3 heterocycles. The van der Waals surface area contributed by atoms with Gasteiger partial charge < -0.3 is 8.98 Å². The molecule has 4 nitrogen and oxygen atoms in total. The Morgan fingerprint density at radius 3 is 2.02 bits per heavy atom. The molecule has 1 aliphatic rings. The molecule has 3 aromatic heterocycles. The largest absolute Gasteiger partial charge is 0.456 e. The Bertz CT molecular complexity index is 3140. The van der Waals surface area contributed by atoms with Crippen LogP contribution < -0.4 is 20.7 Å². The fraction of sp³-hybridized carbons (Fsp3) is 0.0943. The van der Waals surface area contributed by atoms with Crippen molar-refractivity contribution in [3.8, 4) is 11.4 Å². The predicted octanol–water partition coefficient (Wildman–Crippen LogP) is 9.73. The molecule has 0 amide bonds. The van der Waals surface area contributed by atoms with Gasteiger partial charge in [0.25, 0.3) is 0 Å². The molecule has 1 unspecified atom stereocenters. The summed E-state index contributed by atoms with van der Waals surface area (Å²) in [4.78, 5) is 10.4. The number of benzene rings is 7. The van der Waals surface area contributed by atoms with Crippen LogP contribution in [0.2, 0.25) is 0 Å². The SMILES string of the molecule is Cn1c(-c2cccc([Si](c3ccccc3)(c3ccccc3)c3cccc(C4c5cc6oc7ccccc7c6cc5C(C)(C)c5cccnc54)c3)c2)nc2ccccc21. The Labute approximate surface area is 339 Å². The number of pyridine rings is 1. The molecule has 0 fully saturated rings. The number of imidazole rings is 1. The third kappa shape index (κ3) is 5.06. The van der Waals surface area contributed by atoms with Gasteiger partial charge in [0.1, 0.15) is 17.0 Å². The number of nitrogens with zero attached hydrogens (tertiary/aromatic N) is 3. The maximum absolute atomic E-state index is 6.57. The lowest BCUT2D eigenvalue weighted by Gasteiger charge is -2.39. The molecule has 58 heavy (non-hydrogen) atoms. The second kappa shape index (κ2) is 13.1. The minimum Gasteiger partial charge on any atom is -0.456 e. The Kier molecular flexibility index (Phi) is 7.79. The first-order valence-electron chi connectivity index (χ1n) is 20.1. The van der Waals surface area contributed by atoms with Crippen LogP contribution in [-0.4, -0.2) is 22.6 Å². The predicted molar refractivity (Wildman–Crippen MR) is 241 cm³/mol. The molecular formula is C53H41N3OSi. The lowest BCUT2D eigenvalue weighted by Crippen LogP contribution is -2.74. The number of aromatic nitrogens is 3. The normalized spacial score (nSPS) is 14.8. The van der Waals surface area contributed by atoms with Crippen LogP contribution in [0.5, 0.6) is 0 Å². The van der Waals surface area contributed by atoms with Crippen LogP contribution in [0.3, 0.4) is 0 Å². The number of fused-ring (bicyclic) bond motifs is 6. The number of hydrogen-bond acceptors (Lipinski definition) is 3. The summed E-state index contributed by atoms with van der Waals surface area (Å²) >= 11 is 0. The first kappa shape index (κ1) is 34.4. The van der Waals surface area contributed by atoms with Crippen LogP contribution in [0.25, 0.3) is 44.4 Å². The van der Waals surface area contributed by atoms with E-state index in [0.717, 1.165) is 50.1 Å². The van der Waals surface area contributed by atoms with E-state index in [1.165, 1.54) is 43.0 Å². The van der Waals surface area contributed by atoms with Crippen LogP contribution in [0.15, 0.2) is 193 Å². The van der Waals surface area contributed by atoms with E-state index in [-0.39, 0.29) is 11.3 Å². The third-order valence-corrected chi connectivity index (χ3v) is 17.5. The highest BCUT2D eigenvalue weighted by Gasteiger charge is 2.44. The van der Waals surface area contributed by atoms with Crippen molar-refractivity contribution in [2.75, 3.05) is 0 Å². The average molecular weight is 764 g/mol.